The van der Waals surface area contributed by atoms with Crippen LogP contribution in [-0.2, 0) is 9.53 Å². The summed E-state index contributed by atoms with van der Waals surface area (Å²) >= 11 is 0. The maximum absolute atomic E-state index is 10.9. The summed E-state index contributed by atoms with van der Waals surface area (Å²) in [6, 6.07) is 0. The third kappa shape index (κ3) is 7.48. The topological polar surface area (TPSA) is 26.3 Å². The predicted molar refractivity (Wildman–Crippen MR) is 50.2 cm³/mol. The average Bonchev–Trinajstić information content (AvgIpc) is 1.98. The largest absolute Gasteiger partial charge is 0.373 e. The van der Waals surface area contributed by atoms with Crippen LogP contribution in [0.5, 0.6) is 0 Å². The maximum Gasteiger partial charge on any atom is 0.158 e. The van der Waals surface area contributed by atoms with Gasteiger partial charge in [0.2, 0.25) is 0 Å². The first kappa shape index (κ1) is 11.4. The van der Waals surface area contributed by atoms with Crippen molar-refractivity contribution in [2.24, 2.45) is 0 Å². The summed E-state index contributed by atoms with van der Waals surface area (Å²) in [5, 5.41) is 0. The number of carbonyl (C=O) groups excluding carboxylic acids is 1. The first-order chi connectivity index (χ1) is 5.66. The summed E-state index contributed by atoms with van der Waals surface area (Å²) in [5.41, 5.74) is 1.10. The van der Waals surface area contributed by atoms with Crippen molar-refractivity contribution < 1.29 is 9.53 Å². The molecule has 0 unspecified atom stereocenters. The molecule has 0 heterocycles. The van der Waals surface area contributed by atoms with Gasteiger partial charge in [-0.3, -0.25) is 4.79 Å². The van der Waals surface area contributed by atoms with Crippen molar-refractivity contribution in [2.75, 3.05) is 13.2 Å². The fourth-order valence-corrected chi connectivity index (χ4v) is 0.783. The molecule has 2 heteroatoms. The van der Waals surface area contributed by atoms with Crippen LogP contribution in [0.1, 0.15) is 33.1 Å². The molecule has 0 spiro atoms. The number of carbonyl (C=O) groups is 1. The molecule has 0 aromatic carbocycles. The average molecular weight is 170 g/mol. The van der Waals surface area contributed by atoms with Crippen molar-refractivity contribution >= 4 is 5.78 Å². The lowest BCUT2D eigenvalue weighted by atomic mass is 10.2. The Morgan fingerprint density at radius 1 is 1.42 bits per heavy atom. The second-order valence-electron chi connectivity index (χ2n) is 3.05. The van der Waals surface area contributed by atoms with Crippen LogP contribution in [0.4, 0.5) is 0 Å². The van der Waals surface area contributed by atoms with Crippen molar-refractivity contribution in [1.82, 2.24) is 0 Å². The zero-order valence-electron chi connectivity index (χ0n) is 8.06. The van der Waals surface area contributed by atoms with Crippen LogP contribution in [0.25, 0.3) is 0 Å². The van der Waals surface area contributed by atoms with Gasteiger partial charge in [-0.05, 0) is 19.8 Å². The Hall–Kier alpha value is -0.630. The number of Topliss-reactive ketones (excluding diaryl/α,β-unsaturated/α-hetero) is 1. The summed E-state index contributed by atoms with van der Waals surface area (Å²) in [7, 11) is 0. The molecule has 0 N–H and O–H groups in total. The molecular formula is C10H18O2. The lowest BCUT2D eigenvalue weighted by Crippen LogP contribution is -2.08. The van der Waals surface area contributed by atoms with Gasteiger partial charge >= 0.3 is 0 Å². The van der Waals surface area contributed by atoms with Crippen LogP contribution >= 0.6 is 0 Å². The standard InChI is InChI=1S/C10H18O2/c1-4-5-10(11)8-12-7-6-9(2)3/h2,4-8H2,1,3H3. The van der Waals surface area contributed by atoms with E-state index in [9.17, 15) is 4.79 Å². The third-order valence-corrected chi connectivity index (χ3v) is 1.47. The molecule has 0 aliphatic rings. The van der Waals surface area contributed by atoms with Crippen LogP contribution in [-0.4, -0.2) is 19.0 Å². The van der Waals surface area contributed by atoms with Gasteiger partial charge < -0.3 is 4.74 Å². The van der Waals surface area contributed by atoms with Crippen molar-refractivity contribution in [3.8, 4) is 0 Å². The highest BCUT2D eigenvalue weighted by atomic mass is 16.5. The molecule has 0 fully saturated rings. The number of hydrogen-bond acceptors (Lipinski definition) is 2. The van der Waals surface area contributed by atoms with Gasteiger partial charge in [-0.2, -0.15) is 0 Å². The Balaban J connectivity index is 3.19. The minimum atomic E-state index is 0.194. The van der Waals surface area contributed by atoms with Gasteiger partial charge in [0.05, 0.1) is 6.61 Å². The van der Waals surface area contributed by atoms with Crippen molar-refractivity contribution in [1.29, 1.82) is 0 Å². The first-order valence-electron chi connectivity index (χ1n) is 4.40. The fraction of sp³-hybridized carbons (Fsp3) is 0.700. The number of ketones is 1. The Bertz CT molecular complexity index is 150. The molecule has 0 rings (SSSR count). The zero-order chi connectivity index (χ0) is 9.40. The molecule has 0 aromatic rings. The van der Waals surface area contributed by atoms with Crippen LogP contribution in [0, 0.1) is 0 Å². The van der Waals surface area contributed by atoms with Gasteiger partial charge in [-0.15, -0.1) is 6.58 Å². The molecular weight excluding hydrogens is 152 g/mol. The van der Waals surface area contributed by atoms with E-state index in [4.69, 9.17) is 4.74 Å². The quantitative estimate of drug-likeness (QED) is 0.433. The highest BCUT2D eigenvalue weighted by Gasteiger charge is 1.98. The number of rotatable bonds is 7. The lowest BCUT2D eigenvalue weighted by Gasteiger charge is -2.01. The summed E-state index contributed by atoms with van der Waals surface area (Å²) < 4.78 is 5.15. The fourth-order valence-electron chi connectivity index (χ4n) is 0.783. The second kappa shape index (κ2) is 7.04. The van der Waals surface area contributed by atoms with Gasteiger partial charge in [-0.25, -0.2) is 0 Å². The Morgan fingerprint density at radius 3 is 2.58 bits per heavy atom. The second-order valence-corrected chi connectivity index (χ2v) is 3.05. The normalized spacial score (nSPS) is 9.83. The zero-order valence-corrected chi connectivity index (χ0v) is 8.06. The number of ether oxygens (including phenoxy) is 1. The summed E-state index contributed by atoms with van der Waals surface area (Å²) in [5.74, 6) is 0.194. The maximum atomic E-state index is 10.9. The van der Waals surface area contributed by atoms with Crippen molar-refractivity contribution in [3.63, 3.8) is 0 Å². The van der Waals surface area contributed by atoms with E-state index in [1.807, 2.05) is 13.8 Å². The number of hydrogen-bond donors (Lipinski definition) is 0. The highest BCUT2D eigenvalue weighted by molar-refractivity contribution is 5.79. The van der Waals surface area contributed by atoms with Crippen LogP contribution in [0.3, 0.4) is 0 Å². The van der Waals surface area contributed by atoms with E-state index < -0.39 is 0 Å². The monoisotopic (exact) mass is 170 g/mol. The minimum Gasteiger partial charge on any atom is -0.373 e. The SMILES string of the molecule is C=C(C)CCOCC(=O)CCC. The molecule has 0 aliphatic heterocycles. The van der Waals surface area contributed by atoms with E-state index >= 15 is 0 Å². The molecule has 0 aliphatic carbocycles. The van der Waals surface area contributed by atoms with E-state index in [2.05, 4.69) is 6.58 Å². The molecule has 70 valence electrons. The van der Waals surface area contributed by atoms with Crippen molar-refractivity contribution in [3.05, 3.63) is 12.2 Å². The summed E-state index contributed by atoms with van der Waals surface area (Å²) in [6.07, 6.45) is 2.38. The molecule has 0 bridgehead atoms. The molecule has 12 heavy (non-hydrogen) atoms. The van der Waals surface area contributed by atoms with Crippen LogP contribution in [0.2, 0.25) is 0 Å². The lowest BCUT2D eigenvalue weighted by molar-refractivity contribution is -0.123. The van der Waals surface area contributed by atoms with E-state index in [0.717, 1.165) is 18.4 Å². The third-order valence-electron chi connectivity index (χ3n) is 1.47. The Labute approximate surface area is 74.6 Å². The van der Waals surface area contributed by atoms with Gasteiger partial charge in [0.1, 0.15) is 6.61 Å². The molecule has 0 saturated carbocycles. The molecule has 0 atom stereocenters. The van der Waals surface area contributed by atoms with E-state index in [1.165, 1.54) is 0 Å². The first-order valence-corrected chi connectivity index (χ1v) is 4.40. The van der Waals surface area contributed by atoms with Gasteiger partial charge in [-0.1, -0.05) is 12.5 Å². The van der Waals surface area contributed by atoms with Gasteiger partial charge in [0.25, 0.3) is 0 Å². The Kier molecular flexibility index (Phi) is 6.67. The summed E-state index contributed by atoms with van der Waals surface area (Å²) in [6.45, 7) is 8.57. The Morgan fingerprint density at radius 2 is 2.08 bits per heavy atom. The predicted octanol–water partition coefficient (Wildman–Crippen LogP) is 2.34. The van der Waals surface area contributed by atoms with E-state index in [0.29, 0.717) is 13.0 Å². The molecule has 0 aromatic heterocycles. The van der Waals surface area contributed by atoms with Crippen molar-refractivity contribution in [2.45, 2.75) is 33.1 Å². The van der Waals surface area contributed by atoms with Crippen LogP contribution in [0.15, 0.2) is 12.2 Å². The molecule has 0 amide bonds. The molecule has 0 radical (unpaired) electrons. The van der Waals surface area contributed by atoms with E-state index in [-0.39, 0.29) is 12.4 Å². The molecule has 0 saturated heterocycles. The van der Waals surface area contributed by atoms with Gasteiger partial charge in [0.15, 0.2) is 5.78 Å². The molecule has 2 nitrogen and oxygen atoms in total. The minimum absolute atomic E-state index is 0.194. The highest BCUT2D eigenvalue weighted by Crippen LogP contribution is 1.96. The van der Waals surface area contributed by atoms with Gasteiger partial charge in [0, 0.05) is 6.42 Å². The summed E-state index contributed by atoms with van der Waals surface area (Å²) in [4.78, 5) is 10.9. The smallest absolute Gasteiger partial charge is 0.158 e. The van der Waals surface area contributed by atoms with E-state index in [1.54, 1.807) is 0 Å². The van der Waals surface area contributed by atoms with Crippen LogP contribution < -0.4 is 0 Å².